The minimum Gasteiger partial charge on any atom is -0.465 e. The van der Waals surface area contributed by atoms with Crippen molar-refractivity contribution in [3.05, 3.63) is 29.8 Å². The standard InChI is InChI=1S/C19H22N4O5/c1-2-27-18(25)13-22-8-7-21(12-17(22)24)10-16-11-23(19(26)28-16)15-5-3-14(9-20)4-6-15/h3-6,16H,2,7-8,10-13H2,1H3. The van der Waals surface area contributed by atoms with E-state index in [0.29, 0.717) is 37.4 Å². The van der Waals surface area contributed by atoms with E-state index in [2.05, 4.69) is 0 Å². The van der Waals surface area contributed by atoms with Crippen LogP contribution in [0.25, 0.3) is 0 Å². The third-order valence-electron chi connectivity index (χ3n) is 4.67. The lowest BCUT2D eigenvalue weighted by atomic mass is 10.2. The van der Waals surface area contributed by atoms with Crippen molar-refractivity contribution >= 4 is 23.7 Å². The summed E-state index contributed by atoms with van der Waals surface area (Å²) in [6, 6.07) is 8.76. The van der Waals surface area contributed by atoms with Crippen LogP contribution in [-0.2, 0) is 19.1 Å². The first-order valence-corrected chi connectivity index (χ1v) is 9.14. The zero-order valence-electron chi connectivity index (χ0n) is 15.7. The molecule has 0 spiro atoms. The monoisotopic (exact) mass is 386 g/mol. The molecular formula is C19H22N4O5. The summed E-state index contributed by atoms with van der Waals surface area (Å²) in [5.74, 6) is -0.556. The highest BCUT2D eigenvalue weighted by Gasteiger charge is 2.35. The van der Waals surface area contributed by atoms with Crippen molar-refractivity contribution in [3.63, 3.8) is 0 Å². The molecule has 2 aliphatic rings. The molecule has 0 aliphatic carbocycles. The molecular weight excluding hydrogens is 364 g/mol. The van der Waals surface area contributed by atoms with Crippen molar-refractivity contribution in [3.8, 4) is 6.07 Å². The van der Waals surface area contributed by atoms with Gasteiger partial charge in [0.2, 0.25) is 5.91 Å². The number of esters is 1. The topological polar surface area (TPSA) is 103 Å². The molecule has 28 heavy (non-hydrogen) atoms. The number of carbonyl (C=O) groups excluding carboxylic acids is 3. The van der Waals surface area contributed by atoms with Gasteiger partial charge in [0.25, 0.3) is 0 Å². The summed E-state index contributed by atoms with van der Waals surface area (Å²) in [4.78, 5) is 40.9. The van der Waals surface area contributed by atoms with Crippen LogP contribution < -0.4 is 4.90 Å². The Balaban J connectivity index is 1.51. The van der Waals surface area contributed by atoms with Gasteiger partial charge < -0.3 is 14.4 Å². The van der Waals surface area contributed by atoms with Crippen molar-refractivity contribution < 1.29 is 23.9 Å². The molecule has 1 atom stereocenters. The minimum absolute atomic E-state index is 0.0363. The fraction of sp³-hybridized carbons (Fsp3) is 0.474. The summed E-state index contributed by atoms with van der Waals surface area (Å²) in [5, 5.41) is 8.87. The minimum atomic E-state index is -0.443. The van der Waals surface area contributed by atoms with E-state index in [-0.39, 0.29) is 31.7 Å². The summed E-state index contributed by atoms with van der Waals surface area (Å²) in [5.41, 5.74) is 1.19. The molecule has 0 aromatic heterocycles. The zero-order chi connectivity index (χ0) is 20.1. The summed E-state index contributed by atoms with van der Waals surface area (Å²) in [7, 11) is 0. The predicted octanol–water partition coefficient (Wildman–Crippen LogP) is 0.591. The van der Waals surface area contributed by atoms with Crippen molar-refractivity contribution in [1.29, 1.82) is 5.26 Å². The van der Waals surface area contributed by atoms with Gasteiger partial charge in [-0.2, -0.15) is 5.26 Å². The van der Waals surface area contributed by atoms with Gasteiger partial charge in [0.1, 0.15) is 12.6 Å². The van der Waals surface area contributed by atoms with Crippen LogP contribution in [0.15, 0.2) is 24.3 Å². The summed E-state index contributed by atoms with van der Waals surface area (Å²) >= 11 is 0. The summed E-state index contributed by atoms with van der Waals surface area (Å²) < 4.78 is 10.3. The molecule has 148 valence electrons. The van der Waals surface area contributed by atoms with E-state index in [0.717, 1.165) is 0 Å². The van der Waals surface area contributed by atoms with E-state index in [9.17, 15) is 14.4 Å². The van der Waals surface area contributed by atoms with Crippen LogP contribution >= 0.6 is 0 Å². The van der Waals surface area contributed by atoms with Crippen molar-refractivity contribution in [2.45, 2.75) is 13.0 Å². The number of rotatable bonds is 6. The highest BCUT2D eigenvalue weighted by molar-refractivity contribution is 5.89. The zero-order valence-corrected chi connectivity index (χ0v) is 15.7. The van der Waals surface area contributed by atoms with Crippen LogP contribution in [0.5, 0.6) is 0 Å². The molecule has 0 radical (unpaired) electrons. The average molecular weight is 386 g/mol. The molecule has 2 amide bonds. The number of hydrogen-bond donors (Lipinski definition) is 0. The molecule has 9 heteroatoms. The van der Waals surface area contributed by atoms with Crippen LogP contribution in [-0.4, -0.2) is 79.7 Å². The van der Waals surface area contributed by atoms with Crippen LogP contribution in [0, 0.1) is 11.3 Å². The third kappa shape index (κ3) is 4.58. The van der Waals surface area contributed by atoms with Gasteiger partial charge in [-0.15, -0.1) is 0 Å². The molecule has 1 aromatic rings. The Bertz CT molecular complexity index is 789. The largest absolute Gasteiger partial charge is 0.465 e. The second-order valence-corrected chi connectivity index (χ2v) is 6.63. The van der Waals surface area contributed by atoms with Gasteiger partial charge in [-0.3, -0.25) is 19.4 Å². The Morgan fingerprint density at radius 2 is 2.04 bits per heavy atom. The fourth-order valence-electron chi connectivity index (χ4n) is 3.27. The molecule has 0 bridgehead atoms. The molecule has 2 fully saturated rings. The lowest BCUT2D eigenvalue weighted by Crippen LogP contribution is -2.53. The van der Waals surface area contributed by atoms with Crippen LogP contribution in [0.3, 0.4) is 0 Å². The highest BCUT2D eigenvalue weighted by atomic mass is 16.6. The van der Waals surface area contributed by atoms with Gasteiger partial charge in [-0.25, -0.2) is 4.79 Å². The third-order valence-corrected chi connectivity index (χ3v) is 4.67. The van der Waals surface area contributed by atoms with E-state index in [1.165, 1.54) is 9.80 Å². The Hall–Kier alpha value is -3.12. The molecule has 0 N–H and O–H groups in total. The lowest BCUT2D eigenvalue weighted by Gasteiger charge is -2.34. The number of nitriles is 1. The fourth-order valence-corrected chi connectivity index (χ4v) is 3.27. The first kappa shape index (κ1) is 19.6. The average Bonchev–Trinajstić information content (AvgIpc) is 3.04. The van der Waals surface area contributed by atoms with Gasteiger partial charge in [-0.05, 0) is 31.2 Å². The Morgan fingerprint density at radius 1 is 1.29 bits per heavy atom. The van der Waals surface area contributed by atoms with Gasteiger partial charge in [-0.1, -0.05) is 0 Å². The Kier molecular flexibility index (Phi) is 6.11. The van der Waals surface area contributed by atoms with Crippen molar-refractivity contribution in [2.24, 2.45) is 0 Å². The number of amides is 2. The molecule has 2 saturated heterocycles. The van der Waals surface area contributed by atoms with Gasteiger partial charge in [0, 0.05) is 25.3 Å². The van der Waals surface area contributed by atoms with Gasteiger partial charge >= 0.3 is 12.1 Å². The summed E-state index contributed by atoms with van der Waals surface area (Å²) in [6.45, 7) is 3.99. The van der Waals surface area contributed by atoms with E-state index in [1.807, 2.05) is 11.0 Å². The predicted molar refractivity (Wildman–Crippen MR) is 98.4 cm³/mol. The Labute approximate surface area is 163 Å². The first-order chi connectivity index (χ1) is 13.5. The maximum absolute atomic E-state index is 12.3. The number of nitrogens with zero attached hydrogens (tertiary/aromatic N) is 4. The second-order valence-electron chi connectivity index (χ2n) is 6.63. The van der Waals surface area contributed by atoms with Crippen molar-refractivity contribution in [1.82, 2.24) is 9.80 Å². The van der Waals surface area contributed by atoms with Crippen LogP contribution in [0.2, 0.25) is 0 Å². The number of cyclic esters (lactones) is 1. The first-order valence-electron chi connectivity index (χ1n) is 9.14. The van der Waals surface area contributed by atoms with Gasteiger partial charge in [0.15, 0.2) is 0 Å². The highest BCUT2D eigenvalue weighted by Crippen LogP contribution is 2.22. The van der Waals surface area contributed by atoms with E-state index >= 15 is 0 Å². The molecule has 2 aliphatic heterocycles. The number of ether oxygens (including phenoxy) is 2. The number of benzene rings is 1. The molecule has 1 aromatic carbocycles. The van der Waals surface area contributed by atoms with Gasteiger partial charge in [0.05, 0.1) is 31.3 Å². The molecule has 1 unspecified atom stereocenters. The second kappa shape index (κ2) is 8.71. The Morgan fingerprint density at radius 3 is 2.68 bits per heavy atom. The SMILES string of the molecule is CCOC(=O)CN1CCN(CC2CN(c3ccc(C#N)cc3)C(=O)O2)CC1=O. The maximum Gasteiger partial charge on any atom is 0.414 e. The van der Waals surface area contributed by atoms with Crippen LogP contribution in [0.4, 0.5) is 10.5 Å². The lowest BCUT2D eigenvalue weighted by molar-refractivity contribution is -0.151. The van der Waals surface area contributed by atoms with E-state index in [4.69, 9.17) is 14.7 Å². The maximum atomic E-state index is 12.3. The quantitative estimate of drug-likeness (QED) is 0.659. The smallest absolute Gasteiger partial charge is 0.414 e. The molecule has 0 saturated carbocycles. The van der Waals surface area contributed by atoms with E-state index < -0.39 is 12.1 Å². The number of piperazine rings is 1. The normalized spacial score (nSPS) is 20.1. The van der Waals surface area contributed by atoms with Crippen molar-refractivity contribution in [2.75, 3.05) is 50.8 Å². The molecule has 9 nitrogen and oxygen atoms in total. The molecule has 3 rings (SSSR count). The number of anilines is 1. The summed E-state index contributed by atoms with van der Waals surface area (Å²) in [6.07, 6.45) is -0.797. The number of hydrogen-bond acceptors (Lipinski definition) is 7. The molecule has 2 heterocycles. The van der Waals surface area contributed by atoms with Crippen LogP contribution in [0.1, 0.15) is 12.5 Å². The van der Waals surface area contributed by atoms with E-state index in [1.54, 1.807) is 31.2 Å². The number of carbonyl (C=O) groups is 3.